The molecule has 0 fully saturated rings. The number of hydrogen-bond donors (Lipinski definition) is 2. The average molecular weight is 269 g/mol. The van der Waals surface area contributed by atoms with E-state index in [1.807, 2.05) is 26.0 Å². The van der Waals surface area contributed by atoms with E-state index in [4.69, 9.17) is 17.4 Å². The summed E-state index contributed by atoms with van der Waals surface area (Å²) in [5.41, 5.74) is 6.12. The molecule has 0 saturated heterocycles. The third-order valence-corrected chi connectivity index (χ3v) is 2.68. The van der Waals surface area contributed by atoms with E-state index in [-0.39, 0.29) is 0 Å². The maximum Gasteiger partial charge on any atom is 0.251 e. The summed E-state index contributed by atoms with van der Waals surface area (Å²) < 4.78 is 0. The lowest BCUT2D eigenvalue weighted by Gasteiger charge is -2.03. The molecule has 3 N–H and O–H groups in total. The van der Waals surface area contributed by atoms with Gasteiger partial charge >= 0.3 is 0 Å². The lowest BCUT2D eigenvalue weighted by molar-refractivity contribution is -0.108. The zero-order valence-electron chi connectivity index (χ0n) is 11.2. The number of halogens is 1. The van der Waals surface area contributed by atoms with Crippen LogP contribution in [0.1, 0.15) is 33.6 Å². The van der Waals surface area contributed by atoms with Crippen LogP contribution in [0.15, 0.2) is 47.2 Å². The smallest absolute Gasteiger partial charge is 0.251 e. The third kappa shape index (κ3) is 7.87. The minimum absolute atomic E-state index is 0.332. The molecular weight excluding hydrogens is 248 g/mol. The standard InChI is InChI=1S/C14H21ClN2O/c1-10(7-8-13(4)17-16)5-6-11(2)9-12(3)14(15)18/h7-9,17H,3,5-6,16H2,1-2,4H3/b10-7+,11-9+,13-8-. The molecular formula is C14H21ClN2O. The Morgan fingerprint density at radius 2 is 1.78 bits per heavy atom. The van der Waals surface area contributed by atoms with Gasteiger partial charge in [0.25, 0.3) is 5.24 Å². The Bertz CT molecular complexity index is 406. The van der Waals surface area contributed by atoms with Crippen molar-refractivity contribution >= 4 is 16.8 Å². The molecule has 0 rings (SSSR count). The van der Waals surface area contributed by atoms with E-state index in [2.05, 4.69) is 18.9 Å². The maximum atomic E-state index is 10.8. The molecule has 0 bridgehead atoms. The van der Waals surface area contributed by atoms with Gasteiger partial charge in [-0.15, -0.1) is 0 Å². The third-order valence-electron chi connectivity index (χ3n) is 2.43. The van der Waals surface area contributed by atoms with Crippen LogP contribution in [-0.2, 0) is 4.79 Å². The second kappa shape index (κ2) is 8.72. The zero-order valence-corrected chi connectivity index (χ0v) is 12.0. The lowest BCUT2D eigenvalue weighted by atomic mass is 10.0. The van der Waals surface area contributed by atoms with Gasteiger partial charge in [-0.2, -0.15) is 0 Å². The molecule has 0 aromatic rings. The normalized spacial score (nSPS) is 13.5. The molecule has 0 radical (unpaired) electrons. The highest BCUT2D eigenvalue weighted by Crippen LogP contribution is 2.13. The Balaban J connectivity index is 4.33. The second-order valence-electron chi connectivity index (χ2n) is 4.30. The number of rotatable bonds is 7. The van der Waals surface area contributed by atoms with Crippen molar-refractivity contribution < 1.29 is 4.79 Å². The Morgan fingerprint density at radius 1 is 1.22 bits per heavy atom. The van der Waals surface area contributed by atoms with E-state index in [0.29, 0.717) is 5.57 Å². The molecule has 0 aliphatic carbocycles. The molecule has 100 valence electrons. The van der Waals surface area contributed by atoms with Crippen molar-refractivity contribution in [3.63, 3.8) is 0 Å². The second-order valence-corrected chi connectivity index (χ2v) is 4.64. The van der Waals surface area contributed by atoms with Crippen molar-refractivity contribution in [2.24, 2.45) is 5.84 Å². The summed E-state index contributed by atoms with van der Waals surface area (Å²) in [6.45, 7) is 9.49. The van der Waals surface area contributed by atoms with Gasteiger partial charge in [-0.1, -0.05) is 29.9 Å². The molecule has 3 nitrogen and oxygen atoms in total. The van der Waals surface area contributed by atoms with E-state index >= 15 is 0 Å². The van der Waals surface area contributed by atoms with Crippen LogP contribution in [0.2, 0.25) is 0 Å². The van der Waals surface area contributed by atoms with Crippen molar-refractivity contribution in [1.82, 2.24) is 5.43 Å². The van der Waals surface area contributed by atoms with E-state index < -0.39 is 5.24 Å². The highest BCUT2D eigenvalue weighted by Gasteiger charge is 2.00. The average Bonchev–Trinajstić information content (AvgIpc) is 2.32. The van der Waals surface area contributed by atoms with Gasteiger partial charge in [-0.25, -0.2) is 0 Å². The Kier molecular flexibility index (Phi) is 8.08. The Morgan fingerprint density at radius 3 is 2.28 bits per heavy atom. The van der Waals surface area contributed by atoms with Crippen LogP contribution in [0.5, 0.6) is 0 Å². The Hall–Kier alpha value is -1.32. The minimum Gasteiger partial charge on any atom is -0.329 e. The van der Waals surface area contributed by atoms with E-state index in [0.717, 1.165) is 24.1 Å². The van der Waals surface area contributed by atoms with Gasteiger partial charge in [-0.05, 0) is 51.3 Å². The first-order valence-electron chi connectivity index (χ1n) is 5.73. The monoisotopic (exact) mass is 268 g/mol. The van der Waals surface area contributed by atoms with Gasteiger partial charge in [0, 0.05) is 11.3 Å². The molecule has 0 aromatic carbocycles. The van der Waals surface area contributed by atoms with Gasteiger partial charge in [-0.3, -0.25) is 10.6 Å². The highest BCUT2D eigenvalue weighted by molar-refractivity contribution is 6.68. The molecule has 0 aliphatic rings. The molecule has 0 aliphatic heterocycles. The summed E-state index contributed by atoms with van der Waals surface area (Å²) in [6, 6.07) is 0. The maximum absolute atomic E-state index is 10.8. The predicted molar refractivity (Wildman–Crippen MR) is 77.8 cm³/mol. The van der Waals surface area contributed by atoms with Crippen LogP contribution in [-0.4, -0.2) is 5.24 Å². The fraction of sp³-hybridized carbons (Fsp3) is 0.357. The molecule has 0 saturated carbocycles. The van der Waals surface area contributed by atoms with Crippen LogP contribution in [0, 0.1) is 0 Å². The first kappa shape index (κ1) is 16.7. The van der Waals surface area contributed by atoms with Crippen molar-refractivity contribution in [2.45, 2.75) is 33.6 Å². The van der Waals surface area contributed by atoms with Crippen molar-refractivity contribution in [1.29, 1.82) is 0 Å². The number of carbonyl (C=O) groups excluding carboxylic acids is 1. The zero-order chi connectivity index (χ0) is 14.1. The summed E-state index contributed by atoms with van der Waals surface area (Å²) in [7, 11) is 0. The van der Waals surface area contributed by atoms with Crippen LogP contribution < -0.4 is 11.3 Å². The quantitative estimate of drug-likeness (QED) is 0.245. The Labute approximate surface area is 114 Å². The lowest BCUT2D eigenvalue weighted by Crippen LogP contribution is -2.18. The van der Waals surface area contributed by atoms with E-state index in [1.54, 1.807) is 6.08 Å². The van der Waals surface area contributed by atoms with Crippen molar-refractivity contribution in [3.8, 4) is 0 Å². The number of hydrogen-bond acceptors (Lipinski definition) is 3. The van der Waals surface area contributed by atoms with Crippen LogP contribution in [0.4, 0.5) is 0 Å². The van der Waals surface area contributed by atoms with Crippen molar-refractivity contribution in [3.05, 3.63) is 47.2 Å². The van der Waals surface area contributed by atoms with Gasteiger partial charge in [0.1, 0.15) is 0 Å². The largest absolute Gasteiger partial charge is 0.329 e. The first-order chi connectivity index (χ1) is 8.36. The number of nitrogens with one attached hydrogen (secondary N) is 1. The van der Waals surface area contributed by atoms with Gasteiger partial charge < -0.3 is 5.43 Å². The fourth-order valence-corrected chi connectivity index (χ4v) is 1.27. The van der Waals surface area contributed by atoms with E-state index in [9.17, 15) is 4.79 Å². The number of allylic oxidation sites excluding steroid dienone is 7. The van der Waals surface area contributed by atoms with Crippen LogP contribution in [0.25, 0.3) is 0 Å². The minimum atomic E-state index is -0.505. The van der Waals surface area contributed by atoms with Crippen LogP contribution in [0.3, 0.4) is 0 Å². The number of carbonyl (C=O) groups is 1. The number of hydrazine groups is 1. The van der Waals surface area contributed by atoms with Crippen LogP contribution >= 0.6 is 11.6 Å². The molecule has 0 aromatic heterocycles. The highest BCUT2D eigenvalue weighted by atomic mass is 35.5. The molecule has 0 amide bonds. The molecule has 18 heavy (non-hydrogen) atoms. The summed E-state index contributed by atoms with van der Waals surface area (Å²) in [5, 5.41) is -0.505. The summed E-state index contributed by atoms with van der Waals surface area (Å²) in [6.07, 6.45) is 7.46. The molecule has 4 heteroatoms. The molecule has 0 spiro atoms. The predicted octanol–water partition coefficient (Wildman–Crippen LogP) is 3.35. The van der Waals surface area contributed by atoms with Gasteiger partial charge in [0.05, 0.1) is 0 Å². The molecule has 0 unspecified atom stereocenters. The fourth-order valence-electron chi connectivity index (χ4n) is 1.22. The SMILES string of the molecule is C=C(/C=C(\C)CC/C(C)=C/C=C(/C)NN)C(=O)Cl. The van der Waals surface area contributed by atoms with Gasteiger partial charge in [0.2, 0.25) is 0 Å². The first-order valence-corrected chi connectivity index (χ1v) is 6.11. The summed E-state index contributed by atoms with van der Waals surface area (Å²) in [5.74, 6) is 5.25. The molecule has 0 heterocycles. The summed E-state index contributed by atoms with van der Waals surface area (Å²) in [4.78, 5) is 10.8. The topological polar surface area (TPSA) is 55.1 Å². The van der Waals surface area contributed by atoms with Gasteiger partial charge in [0.15, 0.2) is 0 Å². The molecule has 0 atom stereocenters. The summed E-state index contributed by atoms with van der Waals surface area (Å²) >= 11 is 5.31. The van der Waals surface area contributed by atoms with E-state index in [1.165, 1.54) is 5.57 Å². The van der Waals surface area contributed by atoms with Crippen molar-refractivity contribution in [2.75, 3.05) is 0 Å². The number of nitrogens with two attached hydrogens (primary N) is 1.